The largest absolute Gasteiger partial charge is 0.306 e. The predicted octanol–water partition coefficient (Wildman–Crippen LogP) is 2.07. The van der Waals surface area contributed by atoms with E-state index >= 15 is 0 Å². The molecular formula is C21H19N3O9S3. The third-order valence-corrected chi connectivity index (χ3v) is 8.14. The van der Waals surface area contributed by atoms with Gasteiger partial charge in [0, 0.05) is 10.8 Å². The molecule has 0 saturated carbocycles. The van der Waals surface area contributed by atoms with Crippen LogP contribution in [0, 0.1) is 0 Å². The Kier molecular flexibility index (Phi) is 6.30. The van der Waals surface area contributed by atoms with E-state index in [9.17, 15) is 38.9 Å². The average Bonchev–Trinajstić information content (AvgIpc) is 2.79. The van der Waals surface area contributed by atoms with Gasteiger partial charge in [0.25, 0.3) is 30.4 Å². The number of nitrogens with two attached hydrogens (primary N) is 2. The number of rotatable bonds is 6. The molecule has 0 spiro atoms. The summed E-state index contributed by atoms with van der Waals surface area (Å²) in [5.41, 5.74) is 6.59. The molecule has 0 radical (unpaired) electrons. The fourth-order valence-corrected chi connectivity index (χ4v) is 5.84. The standard InChI is InChI=1S/C21H19N3O9S3/c22-21(14-6-5-12-3-1-2-4-13(12)7-14)24(23)15-8-17-18(19(9-15)35(28,29)30)10-16(34(25,26)27)11-20(17)36(31,32)33/h1-11,21H,22-23H2,(H,25,26,27)(H,28,29,30)(H,31,32,33). The molecule has 7 N–H and O–H groups in total. The number of benzene rings is 4. The smallest absolute Gasteiger partial charge is 0.295 e. The first-order valence-electron chi connectivity index (χ1n) is 9.90. The minimum absolute atomic E-state index is 0.194. The highest BCUT2D eigenvalue weighted by molar-refractivity contribution is 7.87. The minimum Gasteiger partial charge on any atom is -0.306 e. The number of hydrazine groups is 1. The predicted molar refractivity (Wildman–Crippen MR) is 131 cm³/mol. The first-order valence-corrected chi connectivity index (χ1v) is 14.2. The average molecular weight is 554 g/mol. The van der Waals surface area contributed by atoms with Crippen molar-refractivity contribution in [3.8, 4) is 0 Å². The van der Waals surface area contributed by atoms with Crippen LogP contribution in [0.1, 0.15) is 11.7 Å². The van der Waals surface area contributed by atoms with Gasteiger partial charge in [-0.2, -0.15) is 25.3 Å². The summed E-state index contributed by atoms with van der Waals surface area (Å²) in [5.74, 6) is 6.16. The second kappa shape index (κ2) is 8.75. The van der Waals surface area contributed by atoms with Crippen molar-refractivity contribution >= 4 is 57.6 Å². The van der Waals surface area contributed by atoms with Gasteiger partial charge in [0.05, 0.1) is 10.6 Å². The van der Waals surface area contributed by atoms with Crippen molar-refractivity contribution in [1.29, 1.82) is 0 Å². The Labute approximate surface area is 206 Å². The van der Waals surface area contributed by atoms with Crippen molar-refractivity contribution < 1.29 is 38.9 Å². The van der Waals surface area contributed by atoms with E-state index in [0.29, 0.717) is 17.7 Å². The molecule has 0 aliphatic heterocycles. The van der Waals surface area contributed by atoms with Crippen LogP contribution in [-0.2, 0) is 30.4 Å². The molecule has 15 heteroatoms. The van der Waals surface area contributed by atoms with Gasteiger partial charge < -0.3 is 5.73 Å². The van der Waals surface area contributed by atoms with Gasteiger partial charge in [0.15, 0.2) is 0 Å². The molecule has 0 heterocycles. The van der Waals surface area contributed by atoms with E-state index in [-0.39, 0.29) is 5.69 Å². The monoisotopic (exact) mass is 553 g/mol. The molecular weight excluding hydrogens is 534 g/mol. The maximum atomic E-state index is 12.2. The molecule has 4 aromatic rings. The molecule has 0 saturated heterocycles. The molecule has 4 aromatic carbocycles. The number of nitrogens with zero attached hydrogens (tertiary/aromatic N) is 1. The van der Waals surface area contributed by atoms with Gasteiger partial charge in [-0.3, -0.25) is 18.7 Å². The van der Waals surface area contributed by atoms with Gasteiger partial charge in [0.1, 0.15) is 16.0 Å². The lowest BCUT2D eigenvalue weighted by Gasteiger charge is -2.27. The Hall–Kier alpha value is -3.15. The van der Waals surface area contributed by atoms with Crippen molar-refractivity contribution in [3.05, 3.63) is 72.3 Å². The van der Waals surface area contributed by atoms with Gasteiger partial charge in [-0.1, -0.05) is 36.4 Å². The van der Waals surface area contributed by atoms with E-state index in [4.69, 9.17) is 11.6 Å². The third-order valence-electron chi connectivity index (χ3n) is 5.52. The quantitative estimate of drug-likeness (QED) is 0.100. The zero-order chi connectivity index (χ0) is 26.6. The number of anilines is 1. The lowest BCUT2D eigenvalue weighted by atomic mass is 10.0. The lowest BCUT2D eigenvalue weighted by molar-refractivity contribution is 0.478. The van der Waals surface area contributed by atoms with Crippen LogP contribution < -0.4 is 16.6 Å². The second-order valence-corrected chi connectivity index (χ2v) is 12.0. The highest BCUT2D eigenvalue weighted by Crippen LogP contribution is 2.36. The number of hydrogen-bond donors (Lipinski definition) is 5. The summed E-state index contributed by atoms with van der Waals surface area (Å²) >= 11 is 0. The summed E-state index contributed by atoms with van der Waals surface area (Å²) in [5, 5.41) is 1.54. The van der Waals surface area contributed by atoms with Crippen molar-refractivity contribution in [1.82, 2.24) is 0 Å². The Bertz CT molecular complexity index is 1860. The normalized spacial score (nSPS) is 13.7. The van der Waals surface area contributed by atoms with Crippen molar-refractivity contribution in [3.63, 3.8) is 0 Å². The second-order valence-electron chi connectivity index (χ2n) is 7.84. The summed E-state index contributed by atoms with van der Waals surface area (Å²) in [6, 6.07) is 15.6. The molecule has 36 heavy (non-hydrogen) atoms. The number of fused-ring (bicyclic) bond motifs is 2. The van der Waals surface area contributed by atoms with Crippen LogP contribution in [0.4, 0.5) is 5.69 Å². The molecule has 0 bridgehead atoms. The van der Waals surface area contributed by atoms with E-state index < -0.39 is 62.0 Å². The molecule has 1 unspecified atom stereocenters. The summed E-state index contributed by atoms with van der Waals surface area (Å²) in [6.07, 6.45) is -1.09. The zero-order valence-electron chi connectivity index (χ0n) is 18.0. The molecule has 12 nitrogen and oxygen atoms in total. The molecule has 0 amide bonds. The van der Waals surface area contributed by atoms with E-state index in [2.05, 4.69) is 0 Å². The SMILES string of the molecule is NC(c1ccc2ccccc2c1)N(N)c1cc(S(=O)(=O)O)c2cc(S(=O)(=O)O)cc(S(=O)(=O)O)c2c1. The van der Waals surface area contributed by atoms with E-state index in [1.54, 1.807) is 18.2 Å². The van der Waals surface area contributed by atoms with Crippen molar-refractivity contribution in [2.75, 3.05) is 5.01 Å². The van der Waals surface area contributed by atoms with Crippen LogP contribution in [0.5, 0.6) is 0 Å². The summed E-state index contributed by atoms with van der Waals surface area (Å²) in [4.78, 5) is -3.02. The van der Waals surface area contributed by atoms with E-state index in [1.807, 2.05) is 24.3 Å². The first-order chi connectivity index (χ1) is 16.6. The van der Waals surface area contributed by atoms with Crippen molar-refractivity contribution in [2.24, 2.45) is 11.6 Å². The highest BCUT2D eigenvalue weighted by atomic mass is 32.2. The molecule has 0 aromatic heterocycles. The highest BCUT2D eigenvalue weighted by Gasteiger charge is 2.27. The van der Waals surface area contributed by atoms with Crippen LogP contribution in [0.25, 0.3) is 21.5 Å². The summed E-state index contributed by atoms with van der Waals surface area (Å²) in [6.45, 7) is 0. The fourth-order valence-electron chi connectivity index (χ4n) is 3.79. The van der Waals surface area contributed by atoms with E-state index in [0.717, 1.165) is 27.9 Å². The van der Waals surface area contributed by atoms with Gasteiger partial charge in [-0.05, 0) is 46.7 Å². The lowest BCUT2D eigenvalue weighted by Crippen LogP contribution is -2.40. The van der Waals surface area contributed by atoms with Crippen LogP contribution in [0.15, 0.2) is 81.4 Å². The van der Waals surface area contributed by atoms with Gasteiger partial charge in [-0.15, -0.1) is 0 Å². The molecule has 0 aliphatic rings. The molecule has 0 aliphatic carbocycles. The Balaban J connectivity index is 1.99. The molecule has 190 valence electrons. The first kappa shape index (κ1) is 25.9. The Morgan fingerprint density at radius 1 is 0.667 bits per heavy atom. The molecule has 0 fully saturated rings. The fraction of sp³-hybridized carbons (Fsp3) is 0.0476. The van der Waals surface area contributed by atoms with Gasteiger partial charge in [-0.25, -0.2) is 5.84 Å². The van der Waals surface area contributed by atoms with Crippen LogP contribution >= 0.6 is 0 Å². The van der Waals surface area contributed by atoms with Crippen molar-refractivity contribution in [2.45, 2.75) is 20.9 Å². The summed E-state index contributed by atoms with van der Waals surface area (Å²) < 4.78 is 101. The van der Waals surface area contributed by atoms with Crippen LogP contribution in [0.2, 0.25) is 0 Å². The van der Waals surface area contributed by atoms with Gasteiger partial charge in [0.2, 0.25) is 0 Å². The van der Waals surface area contributed by atoms with Crippen LogP contribution in [-0.4, -0.2) is 38.9 Å². The molecule has 4 rings (SSSR count). The van der Waals surface area contributed by atoms with E-state index in [1.165, 1.54) is 0 Å². The third kappa shape index (κ3) is 4.91. The maximum absolute atomic E-state index is 12.2. The van der Waals surface area contributed by atoms with Crippen LogP contribution in [0.3, 0.4) is 0 Å². The molecule has 1 atom stereocenters. The Morgan fingerprint density at radius 2 is 1.22 bits per heavy atom. The zero-order valence-corrected chi connectivity index (χ0v) is 20.5. The minimum atomic E-state index is -5.16. The summed E-state index contributed by atoms with van der Waals surface area (Å²) in [7, 11) is -15.3. The maximum Gasteiger partial charge on any atom is 0.295 e. The topological polar surface area (TPSA) is 218 Å². The Morgan fingerprint density at radius 3 is 1.81 bits per heavy atom. The number of hydrogen-bond acceptors (Lipinski definition) is 9. The van der Waals surface area contributed by atoms with Gasteiger partial charge >= 0.3 is 0 Å².